The monoisotopic (exact) mass is 434 g/mol. The summed E-state index contributed by atoms with van der Waals surface area (Å²) < 4.78 is 41.2. The third kappa shape index (κ3) is 6.91. The first-order valence-electron chi connectivity index (χ1n) is 8.70. The molecule has 0 aliphatic heterocycles. The number of halogens is 2. The van der Waals surface area contributed by atoms with E-state index in [4.69, 9.17) is 17.3 Å². The second-order valence-electron chi connectivity index (χ2n) is 6.31. The number of unbranched alkanes of at least 4 members (excludes halogenated alkanes) is 3. The first-order valence-corrected chi connectivity index (χ1v) is 11.4. The van der Waals surface area contributed by atoms with Crippen LogP contribution in [0.1, 0.15) is 39.0 Å². The van der Waals surface area contributed by atoms with E-state index < -0.39 is 20.7 Å². The lowest BCUT2D eigenvalue weighted by atomic mass is 10.1. The Labute approximate surface area is 168 Å². The minimum absolute atomic E-state index is 0.146. The normalized spacial score (nSPS) is 12.7. The Morgan fingerprint density at radius 3 is 2.70 bits per heavy atom. The van der Waals surface area contributed by atoms with Gasteiger partial charge in [0.15, 0.2) is 5.13 Å². The highest BCUT2D eigenvalue weighted by molar-refractivity contribution is 7.93. The fourth-order valence-corrected chi connectivity index (χ4v) is 4.65. The molecule has 0 aliphatic carbocycles. The van der Waals surface area contributed by atoms with E-state index >= 15 is 0 Å². The van der Waals surface area contributed by atoms with Gasteiger partial charge in [-0.2, -0.15) is 0 Å². The number of anilines is 2. The van der Waals surface area contributed by atoms with Crippen LogP contribution in [-0.4, -0.2) is 26.0 Å². The molecule has 4 N–H and O–H groups in total. The maximum absolute atomic E-state index is 14.4. The van der Waals surface area contributed by atoms with Crippen LogP contribution in [0, 0.1) is 5.82 Å². The molecule has 27 heavy (non-hydrogen) atoms. The fraction of sp³-hybridized carbons (Fsp3) is 0.471. The number of benzene rings is 1. The number of hydrogen-bond acceptors (Lipinski definition) is 6. The van der Waals surface area contributed by atoms with Crippen LogP contribution in [0.3, 0.4) is 0 Å². The van der Waals surface area contributed by atoms with Crippen molar-refractivity contribution in [1.29, 1.82) is 0 Å². The van der Waals surface area contributed by atoms with Gasteiger partial charge in [0.05, 0.1) is 10.7 Å². The zero-order chi connectivity index (χ0) is 19.9. The van der Waals surface area contributed by atoms with Crippen molar-refractivity contribution in [2.45, 2.75) is 50.0 Å². The Hall–Kier alpha value is -1.42. The molecule has 0 aliphatic rings. The minimum Gasteiger partial charge on any atom is -0.384 e. The third-order valence-electron chi connectivity index (χ3n) is 3.87. The van der Waals surface area contributed by atoms with Crippen LogP contribution in [0.2, 0.25) is 5.02 Å². The summed E-state index contributed by atoms with van der Waals surface area (Å²) in [7, 11) is -4.10. The fourth-order valence-electron chi connectivity index (χ4n) is 2.48. The van der Waals surface area contributed by atoms with E-state index in [1.54, 1.807) is 5.38 Å². The van der Waals surface area contributed by atoms with Crippen molar-refractivity contribution in [3.05, 3.63) is 34.5 Å². The van der Waals surface area contributed by atoms with Crippen LogP contribution >= 0.6 is 22.9 Å². The molecule has 150 valence electrons. The van der Waals surface area contributed by atoms with Gasteiger partial charge in [0.2, 0.25) is 0 Å². The largest absolute Gasteiger partial charge is 0.384 e. The van der Waals surface area contributed by atoms with Crippen LogP contribution < -0.4 is 15.8 Å². The molecule has 10 heteroatoms. The first kappa shape index (κ1) is 21.9. The van der Waals surface area contributed by atoms with E-state index in [1.807, 2.05) is 6.92 Å². The lowest BCUT2D eigenvalue weighted by Crippen LogP contribution is -2.15. The van der Waals surface area contributed by atoms with E-state index in [1.165, 1.54) is 6.20 Å². The van der Waals surface area contributed by atoms with Gasteiger partial charge in [-0.15, -0.1) is 11.3 Å². The number of thiazole rings is 1. The lowest BCUT2D eigenvalue weighted by Gasteiger charge is -2.12. The number of hydrogen-bond donors (Lipinski definition) is 3. The van der Waals surface area contributed by atoms with Gasteiger partial charge in [-0.3, -0.25) is 4.72 Å². The minimum atomic E-state index is -4.10. The van der Waals surface area contributed by atoms with Crippen LogP contribution in [0.4, 0.5) is 15.2 Å². The Kier molecular flexibility index (Phi) is 8.28. The second-order valence-corrected chi connectivity index (χ2v) is 9.26. The summed E-state index contributed by atoms with van der Waals surface area (Å²) in [6, 6.07) is 2.44. The quantitative estimate of drug-likeness (QED) is 0.454. The van der Waals surface area contributed by atoms with Crippen LogP contribution in [-0.2, 0) is 10.0 Å². The summed E-state index contributed by atoms with van der Waals surface area (Å²) in [6.07, 6.45) is 6.58. The second kappa shape index (κ2) is 10.2. The van der Waals surface area contributed by atoms with Gasteiger partial charge in [0, 0.05) is 24.2 Å². The van der Waals surface area contributed by atoms with Crippen molar-refractivity contribution in [2.75, 3.05) is 16.6 Å². The molecule has 0 spiro atoms. The molecular weight excluding hydrogens is 411 g/mol. The van der Waals surface area contributed by atoms with Crippen molar-refractivity contribution in [3.63, 3.8) is 0 Å². The van der Waals surface area contributed by atoms with Crippen molar-refractivity contribution >= 4 is 43.8 Å². The number of aromatic nitrogens is 1. The van der Waals surface area contributed by atoms with Gasteiger partial charge in [-0.1, -0.05) is 30.9 Å². The van der Waals surface area contributed by atoms with Gasteiger partial charge in [-0.25, -0.2) is 17.8 Å². The van der Waals surface area contributed by atoms with Gasteiger partial charge in [-0.05, 0) is 31.9 Å². The zero-order valence-corrected chi connectivity index (χ0v) is 17.4. The topological polar surface area (TPSA) is 97.1 Å². The predicted molar refractivity (Wildman–Crippen MR) is 110 cm³/mol. The van der Waals surface area contributed by atoms with Gasteiger partial charge < -0.3 is 11.1 Å². The highest BCUT2D eigenvalue weighted by Gasteiger charge is 2.22. The Balaban J connectivity index is 1.92. The summed E-state index contributed by atoms with van der Waals surface area (Å²) in [5.41, 5.74) is 6.08. The molecule has 0 fully saturated rings. The van der Waals surface area contributed by atoms with Crippen molar-refractivity contribution in [2.24, 2.45) is 5.73 Å². The smallest absolute Gasteiger partial charge is 0.266 e. The molecule has 2 aromatic rings. The highest BCUT2D eigenvalue weighted by atomic mass is 35.5. The van der Waals surface area contributed by atoms with Crippen LogP contribution in [0.25, 0.3) is 0 Å². The van der Waals surface area contributed by atoms with E-state index in [2.05, 4.69) is 15.0 Å². The summed E-state index contributed by atoms with van der Waals surface area (Å²) in [5, 5.41) is 4.98. The average molecular weight is 435 g/mol. The molecule has 0 saturated heterocycles. The standard InChI is InChI=1S/C17H24ClFN4O2S2/c1-12(20)6-4-2-3-5-7-21-15-11-14(19)16(10-13(15)18)27(24,25)23-17-22-8-9-26-17/h8-12,21H,2-7,20H2,1H3,(H,22,23)/t12-/m0/s1. The summed E-state index contributed by atoms with van der Waals surface area (Å²) in [6.45, 7) is 2.62. The average Bonchev–Trinajstić information content (AvgIpc) is 3.08. The Bertz CT molecular complexity index is 830. The molecule has 0 radical (unpaired) electrons. The molecule has 1 aromatic heterocycles. The van der Waals surface area contributed by atoms with E-state index in [0.717, 1.165) is 55.6 Å². The molecule has 0 saturated carbocycles. The van der Waals surface area contributed by atoms with Crippen molar-refractivity contribution < 1.29 is 12.8 Å². The molecule has 0 unspecified atom stereocenters. The first-order chi connectivity index (χ1) is 12.8. The molecule has 0 amide bonds. The van der Waals surface area contributed by atoms with Crippen LogP contribution in [0.15, 0.2) is 28.6 Å². The summed E-state index contributed by atoms with van der Waals surface area (Å²) in [5.74, 6) is -0.872. The number of nitrogens with two attached hydrogens (primary N) is 1. The number of nitrogens with one attached hydrogen (secondary N) is 2. The predicted octanol–water partition coefficient (Wildman–Crippen LogP) is 4.45. The molecule has 1 aromatic carbocycles. The lowest BCUT2D eigenvalue weighted by molar-refractivity contribution is 0.569. The third-order valence-corrected chi connectivity index (χ3v) is 6.35. The van der Waals surface area contributed by atoms with Crippen LogP contribution in [0.5, 0.6) is 0 Å². The molecule has 2 rings (SSSR count). The maximum atomic E-state index is 14.4. The van der Waals surface area contributed by atoms with Gasteiger partial charge >= 0.3 is 0 Å². The molecule has 0 bridgehead atoms. The SMILES string of the molecule is C[C@H](N)CCCCCCNc1cc(F)c(S(=O)(=O)Nc2nccs2)cc1Cl. The Morgan fingerprint density at radius 1 is 1.30 bits per heavy atom. The van der Waals surface area contributed by atoms with E-state index in [0.29, 0.717) is 12.2 Å². The molecule has 1 atom stereocenters. The van der Waals surface area contributed by atoms with E-state index in [9.17, 15) is 12.8 Å². The summed E-state index contributed by atoms with van der Waals surface area (Å²) in [4.78, 5) is 3.32. The Morgan fingerprint density at radius 2 is 2.04 bits per heavy atom. The van der Waals surface area contributed by atoms with Crippen molar-refractivity contribution in [1.82, 2.24) is 4.98 Å². The van der Waals surface area contributed by atoms with Crippen molar-refractivity contribution in [3.8, 4) is 0 Å². The molecule has 1 heterocycles. The summed E-state index contributed by atoms with van der Waals surface area (Å²) >= 11 is 7.24. The van der Waals surface area contributed by atoms with E-state index in [-0.39, 0.29) is 16.2 Å². The maximum Gasteiger partial charge on any atom is 0.266 e. The number of nitrogens with zero attached hydrogens (tertiary/aromatic N) is 1. The molecule has 6 nitrogen and oxygen atoms in total. The highest BCUT2D eigenvalue weighted by Crippen LogP contribution is 2.29. The number of sulfonamides is 1. The van der Waals surface area contributed by atoms with Gasteiger partial charge in [0.1, 0.15) is 10.7 Å². The molecular formula is C17H24ClFN4O2S2. The number of rotatable bonds is 11. The zero-order valence-electron chi connectivity index (χ0n) is 15.0. The van der Waals surface area contributed by atoms with Gasteiger partial charge in [0.25, 0.3) is 10.0 Å².